The van der Waals surface area contributed by atoms with Gasteiger partial charge in [0.05, 0.1) is 0 Å². The van der Waals surface area contributed by atoms with Crippen molar-refractivity contribution >= 4 is 27.6 Å². The van der Waals surface area contributed by atoms with Crippen LogP contribution in [0.4, 0.5) is 11.6 Å². The molecule has 1 aliphatic carbocycles. The Morgan fingerprint density at radius 1 is 1.22 bits per heavy atom. The van der Waals surface area contributed by atoms with Gasteiger partial charge in [-0.05, 0) is 28.3 Å². The van der Waals surface area contributed by atoms with Crippen molar-refractivity contribution in [2.75, 3.05) is 24.2 Å². The molecule has 2 N–H and O–H groups in total. The molecule has 1 aromatic heterocycles. The first kappa shape index (κ1) is 13.6. The largest absolute Gasteiger partial charge is 0.372 e. The highest BCUT2D eigenvalue weighted by Gasteiger charge is 2.13. The molecule has 18 heavy (non-hydrogen) atoms. The van der Waals surface area contributed by atoms with Gasteiger partial charge in [-0.3, -0.25) is 0 Å². The summed E-state index contributed by atoms with van der Waals surface area (Å²) in [5.41, 5.74) is 0. The van der Waals surface area contributed by atoms with E-state index in [1.54, 1.807) is 6.33 Å². The average Bonchev–Trinajstić information content (AvgIpc) is 2.42. The topological polar surface area (TPSA) is 49.8 Å². The molecule has 4 nitrogen and oxygen atoms in total. The molecule has 1 saturated carbocycles. The van der Waals surface area contributed by atoms with Gasteiger partial charge < -0.3 is 10.6 Å². The summed E-state index contributed by atoms with van der Waals surface area (Å²) in [5, 5.41) is 6.43. The molecule has 0 atom stereocenters. The monoisotopic (exact) mass is 312 g/mol. The second-order valence-corrected chi connectivity index (χ2v) is 5.65. The smallest absolute Gasteiger partial charge is 0.145 e. The Labute approximate surface area is 117 Å². The molecular weight excluding hydrogens is 292 g/mol. The quantitative estimate of drug-likeness (QED) is 0.871. The molecule has 2 rings (SSSR count). The Kier molecular flexibility index (Phi) is 5.23. The molecule has 1 heterocycles. The number of halogens is 1. The van der Waals surface area contributed by atoms with Crippen molar-refractivity contribution in [3.05, 3.63) is 10.8 Å². The van der Waals surface area contributed by atoms with Gasteiger partial charge in [0, 0.05) is 13.6 Å². The molecule has 0 aromatic carbocycles. The van der Waals surface area contributed by atoms with E-state index in [4.69, 9.17) is 0 Å². The fraction of sp³-hybridized carbons (Fsp3) is 0.692. The number of rotatable bonds is 5. The van der Waals surface area contributed by atoms with E-state index in [9.17, 15) is 0 Å². The SMILES string of the molecule is CNc1ncnc(NCCC2CCCCC2)c1Br. The minimum absolute atomic E-state index is 0.824. The summed E-state index contributed by atoms with van der Waals surface area (Å²) in [7, 11) is 1.86. The molecule has 0 spiro atoms. The van der Waals surface area contributed by atoms with E-state index in [0.717, 1.165) is 28.6 Å². The highest BCUT2D eigenvalue weighted by molar-refractivity contribution is 9.10. The third kappa shape index (κ3) is 3.57. The van der Waals surface area contributed by atoms with E-state index >= 15 is 0 Å². The van der Waals surface area contributed by atoms with Crippen LogP contribution < -0.4 is 10.6 Å². The number of hydrogen-bond donors (Lipinski definition) is 2. The van der Waals surface area contributed by atoms with Crippen LogP contribution in [0.2, 0.25) is 0 Å². The lowest BCUT2D eigenvalue weighted by atomic mass is 9.87. The lowest BCUT2D eigenvalue weighted by Gasteiger charge is -2.21. The summed E-state index contributed by atoms with van der Waals surface area (Å²) in [4.78, 5) is 8.41. The molecular formula is C13H21BrN4. The second kappa shape index (κ2) is 6.92. The molecule has 100 valence electrons. The number of aromatic nitrogens is 2. The molecule has 0 amide bonds. The summed E-state index contributed by atoms with van der Waals surface area (Å²) < 4.78 is 0.913. The zero-order valence-corrected chi connectivity index (χ0v) is 12.5. The lowest BCUT2D eigenvalue weighted by molar-refractivity contribution is 0.345. The molecule has 1 aromatic rings. The van der Waals surface area contributed by atoms with Crippen LogP contribution in [0.1, 0.15) is 38.5 Å². The Morgan fingerprint density at radius 3 is 2.67 bits per heavy atom. The normalized spacial score (nSPS) is 16.6. The van der Waals surface area contributed by atoms with Gasteiger partial charge in [-0.15, -0.1) is 0 Å². The van der Waals surface area contributed by atoms with Crippen LogP contribution >= 0.6 is 15.9 Å². The van der Waals surface area contributed by atoms with Crippen molar-refractivity contribution in [2.45, 2.75) is 38.5 Å². The first-order chi connectivity index (χ1) is 8.81. The highest BCUT2D eigenvalue weighted by atomic mass is 79.9. The molecule has 0 aliphatic heterocycles. The van der Waals surface area contributed by atoms with Crippen LogP contribution in [0, 0.1) is 5.92 Å². The zero-order valence-electron chi connectivity index (χ0n) is 10.9. The summed E-state index contributed by atoms with van der Waals surface area (Å²) >= 11 is 3.52. The highest BCUT2D eigenvalue weighted by Crippen LogP contribution is 2.28. The second-order valence-electron chi connectivity index (χ2n) is 4.85. The van der Waals surface area contributed by atoms with Crippen molar-refractivity contribution in [3.8, 4) is 0 Å². The van der Waals surface area contributed by atoms with E-state index in [1.807, 2.05) is 7.05 Å². The van der Waals surface area contributed by atoms with E-state index in [-0.39, 0.29) is 0 Å². The predicted octanol–water partition coefficient (Wildman–Crippen LogP) is 3.66. The molecule has 0 unspecified atom stereocenters. The predicted molar refractivity (Wildman–Crippen MR) is 79.0 cm³/mol. The molecule has 0 bridgehead atoms. The lowest BCUT2D eigenvalue weighted by Crippen LogP contribution is -2.13. The third-order valence-corrected chi connectivity index (χ3v) is 4.35. The average molecular weight is 313 g/mol. The molecule has 5 heteroatoms. The van der Waals surface area contributed by atoms with Gasteiger partial charge in [0.1, 0.15) is 22.4 Å². The molecule has 1 aliphatic rings. The number of hydrogen-bond acceptors (Lipinski definition) is 4. The standard InChI is InChI=1S/C13H21BrN4/c1-15-12-11(14)13(18-9-17-12)16-8-7-10-5-3-2-4-6-10/h9-10H,2-8H2,1H3,(H2,15,16,17,18). The van der Waals surface area contributed by atoms with Crippen LogP contribution in [-0.2, 0) is 0 Å². The van der Waals surface area contributed by atoms with Gasteiger partial charge in [-0.25, -0.2) is 9.97 Å². The zero-order chi connectivity index (χ0) is 12.8. The summed E-state index contributed by atoms with van der Waals surface area (Å²) in [6.45, 7) is 0.990. The van der Waals surface area contributed by atoms with Gasteiger partial charge in [-0.2, -0.15) is 0 Å². The Bertz CT molecular complexity index is 377. The van der Waals surface area contributed by atoms with Crippen molar-refractivity contribution in [2.24, 2.45) is 5.92 Å². The Hall–Kier alpha value is -0.840. The van der Waals surface area contributed by atoms with Crippen LogP contribution in [0.25, 0.3) is 0 Å². The first-order valence-electron chi connectivity index (χ1n) is 6.73. The number of anilines is 2. The fourth-order valence-corrected chi connectivity index (χ4v) is 3.08. The van der Waals surface area contributed by atoms with Gasteiger partial charge in [-0.1, -0.05) is 32.1 Å². The Balaban J connectivity index is 1.82. The molecule has 0 radical (unpaired) electrons. The number of nitrogens with one attached hydrogen (secondary N) is 2. The summed E-state index contributed by atoms with van der Waals surface area (Å²) in [6.07, 6.45) is 9.86. The van der Waals surface area contributed by atoms with Crippen molar-refractivity contribution in [1.82, 2.24) is 9.97 Å². The van der Waals surface area contributed by atoms with Crippen LogP contribution in [0.15, 0.2) is 10.8 Å². The van der Waals surface area contributed by atoms with Gasteiger partial charge in [0.15, 0.2) is 0 Å². The van der Waals surface area contributed by atoms with Gasteiger partial charge in [0.2, 0.25) is 0 Å². The van der Waals surface area contributed by atoms with Gasteiger partial charge in [0.25, 0.3) is 0 Å². The maximum absolute atomic E-state index is 4.26. The van der Waals surface area contributed by atoms with E-state index in [1.165, 1.54) is 38.5 Å². The molecule has 1 fully saturated rings. The van der Waals surface area contributed by atoms with Crippen molar-refractivity contribution < 1.29 is 0 Å². The third-order valence-electron chi connectivity index (χ3n) is 3.60. The number of nitrogens with zero attached hydrogens (tertiary/aromatic N) is 2. The van der Waals surface area contributed by atoms with Crippen molar-refractivity contribution in [1.29, 1.82) is 0 Å². The summed E-state index contributed by atoms with van der Waals surface area (Å²) in [5.74, 6) is 2.60. The van der Waals surface area contributed by atoms with E-state index in [0.29, 0.717) is 0 Å². The molecule has 0 saturated heterocycles. The Morgan fingerprint density at radius 2 is 1.94 bits per heavy atom. The summed E-state index contributed by atoms with van der Waals surface area (Å²) in [6, 6.07) is 0. The maximum atomic E-state index is 4.26. The van der Waals surface area contributed by atoms with E-state index in [2.05, 4.69) is 36.5 Å². The fourth-order valence-electron chi connectivity index (χ4n) is 2.54. The van der Waals surface area contributed by atoms with Crippen LogP contribution in [0.5, 0.6) is 0 Å². The van der Waals surface area contributed by atoms with Crippen molar-refractivity contribution in [3.63, 3.8) is 0 Å². The van der Waals surface area contributed by atoms with Gasteiger partial charge >= 0.3 is 0 Å². The van der Waals surface area contributed by atoms with E-state index < -0.39 is 0 Å². The van der Waals surface area contributed by atoms with Crippen LogP contribution in [0.3, 0.4) is 0 Å². The minimum Gasteiger partial charge on any atom is -0.372 e. The van der Waals surface area contributed by atoms with Crippen LogP contribution in [-0.4, -0.2) is 23.6 Å². The minimum atomic E-state index is 0.824. The first-order valence-corrected chi connectivity index (χ1v) is 7.52. The maximum Gasteiger partial charge on any atom is 0.145 e.